The number of sulfonamides is 1. The molecule has 1 aliphatic rings. The third-order valence-corrected chi connectivity index (χ3v) is 5.70. The molecule has 0 bridgehead atoms. The Balaban J connectivity index is 2.28. The Kier molecular flexibility index (Phi) is 4.12. The average molecular weight is 315 g/mol. The van der Waals surface area contributed by atoms with Crippen molar-refractivity contribution in [3.63, 3.8) is 0 Å². The highest BCUT2D eigenvalue weighted by Gasteiger charge is 2.45. The molecule has 1 aromatic rings. The lowest BCUT2D eigenvalue weighted by Crippen LogP contribution is -2.52. The van der Waals surface area contributed by atoms with E-state index in [2.05, 4.69) is 9.71 Å². The van der Waals surface area contributed by atoms with Gasteiger partial charge in [-0.15, -0.1) is 0 Å². The van der Waals surface area contributed by atoms with Crippen LogP contribution in [0, 0.1) is 12.3 Å². The molecule has 1 aromatic heterocycles. The molecule has 0 aliphatic heterocycles. The van der Waals surface area contributed by atoms with Crippen molar-refractivity contribution in [1.82, 2.24) is 14.3 Å². The molecule has 21 heavy (non-hydrogen) atoms. The standard InChI is InChI=1S/C13H21N3O4S/c1-9-14-11(8-16(9)3)21(19,20)15-10-6-4-5-7-13(10,2)12(17)18/h8,10,15H,4-7H2,1-3H3,(H,17,18). The fraction of sp³-hybridized carbons (Fsp3) is 0.692. The Morgan fingerprint density at radius 3 is 2.71 bits per heavy atom. The second-order valence-electron chi connectivity index (χ2n) is 5.88. The van der Waals surface area contributed by atoms with Crippen LogP contribution in [0.4, 0.5) is 0 Å². The van der Waals surface area contributed by atoms with Crippen molar-refractivity contribution in [2.24, 2.45) is 12.5 Å². The molecular weight excluding hydrogens is 294 g/mol. The lowest BCUT2D eigenvalue weighted by molar-refractivity contribution is -0.151. The third-order valence-electron chi connectivity index (χ3n) is 4.36. The lowest BCUT2D eigenvalue weighted by Gasteiger charge is -2.37. The number of aliphatic carboxylic acids is 1. The predicted molar refractivity (Wildman–Crippen MR) is 76.3 cm³/mol. The van der Waals surface area contributed by atoms with Crippen LogP contribution in [0.25, 0.3) is 0 Å². The van der Waals surface area contributed by atoms with Gasteiger partial charge in [0.15, 0.2) is 5.03 Å². The van der Waals surface area contributed by atoms with Crippen LogP contribution in [-0.2, 0) is 21.9 Å². The largest absolute Gasteiger partial charge is 0.481 e. The molecule has 1 fully saturated rings. The van der Waals surface area contributed by atoms with Crippen LogP contribution in [0.2, 0.25) is 0 Å². The van der Waals surface area contributed by atoms with Gasteiger partial charge in [-0.1, -0.05) is 12.8 Å². The number of imidazole rings is 1. The van der Waals surface area contributed by atoms with Gasteiger partial charge in [-0.2, -0.15) is 0 Å². The number of hydrogen-bond donors (Lipinski definition) is 2. The Bertz CT molecular complexity index is 633. The maximum Gasteiger partial charge on any atom is 0.310 e. The number of hydrogen-bond acceptors (Lipinski definition) is 4. The van der Waals surface area contributed by atoms with E-state index in [0.717, 1.165) is 12.8 Å². The smallest absolute Gasteiger partial charge is 0.310 e. The molecule has 0 saturated heterocycles. The molecule has 0 aromatic carbocycles. The van der Waals surface area contributed by atoms with Crippen LogP contribution < -0.4 is 4.72 Å². The van der Waals surface area contributed by atoms with E-state index in [9.17, 15) is 18.3 Å². The maximum atomic E-state index is 12.4. The fourth-order valence-electron chi connectivity index (χ4n) is 2.68. The molecule has 2 N–H and O–H groups in total. The van der Waals surface area contributed by atoms with Gasteiger partial charge in [0.25, 0.3) is 10.0 Å². The number of nitrogens with one attached hydrogen (secondary N) is 1. The van der Waals surface area contributed by atoms with Crippen molar-refractivity contribution in [2.45, 2.75) is 50.6 Å². The molecule has 0 radical (unpaired) electrons. The second-order valence-corrected chi connectivity index (χ2v) is 7.54. The van der Waals surface area contributed by atoms with Gasteiger partial charge in [0.2, 0.25) is 0 Å². The van der Waals surface area contributed by atoms with Crippen LogP contribution in [0.15, 0.2) is 11.2 Å². The lowest BCUT2D eigenvalue weighted by atomic mass is 9.72. The van der Waals surface area contributed by atoms with Gasteiger partial charge >= 0.3 is 5.97 Å². The highest BCUT2D eigenvalue weighted by Crippen LogP contribution is 2.37. The molecule has 1 aliphatic carbocycles. The van der Waals surface area contributed by atoms with E-state index in [1.165, 1.54) is 6.20 Å². The summed E-state index contributed by atoms with van der Waals surface area (Å²) in [5, 5.41) is 9.36. The number of carboxylic acid groups (broad SMARTS) is 1. The Labute approximate surface area is 124 Å². The maximum absolute atomic E-state index is 12.4. The molecule has 0 amide bonds. The molecular formula is C13H21N3O4S. The van der Waals surface area contributed by atoms with Gasteiger partial charge in [-0.3, -0.25) is 4.79 Å². The zero-order valence-electron chi connectivity index (χ0n) is 12.5. The molecule has 2 unspecified atom stereocenters. The van der Waals surface area contributed by atoms with Gasteiger partial charge in [0, 0.05) is 19.3 Å². The summed E-state index contributed by atoms with van der Waals surface area (Å²) in [6.07, 6.45) is 4.03. The highest BCUT2D eigenvalue weighted by molar-refractivity contribution is 7.89. The van der Waals surface area contributed by atoms with Crippen LogP contribution in [0.1, 0.15) is 38.4 Å². The molecule has 1 saturated carbocycles. The van der Waals surface area contributed by atoms with Crippen LogP contribution >= 0.6 is 0 Å². The molecule has 7 nitrogen and oxygen atoms in total. The van der Waals surface area contributed by atoms with E-state index < -0.39 is 27.4 Å². The van der Waals surface area contributed by atoms with E-state index in [0.29, 0.717) is 18.7 Å². The highest BCUT2D eigenvalue weighted by atomic mass is 32.2. The zero-order valence-corrected chi connectivity index (χ0v) is 13.3. The number of nitrogens with zero attached hydrogens (tertiary/aromatic N) is 2. The van der Waals surface area contributed by atoms with Crippen molar-refractivity contribution in [1.29, 1.82) is 0 Å². The summed E-state index contributed by atoms with van der Waals surface area (Å²) < 4.78 is 28.9. The molecule has 0 spiro atoms. The molecule has 8 heteroatoms. The van der Waals surface area contributed by atoms with E-state index in [4.69, 9.17) is 0 Å². The van der Waals surface area contributed by atoms with E-state index in [-0.39, 0.29) is 5.03 Å². The topological polar surface area (TPSA) is 101 Å². The Morgan fingerprint density at radius 2 is 2.19 bits per heavy atom. The van der Waals surface area contributed by atoms with Crippen molar-refractivity contribution >= 4 is 16.0 Å². The van der Waals surface area contributed by atoms with Crippen LogP contribution in [0.3, 0.4) is 0 Å². The summed E-state index contributed by atoms with van der Waals surface area (Å²) >= 11 is 0. The normalized spacial score (nSPS) is 26.7. The molecule has 1 heterocycles. The van der Waals surface area contributed by atoms with Crippen LogP contribution in [0.5, 0.6) is 0 Å². The Morgan fingerprint density at radius 1 is 1.52 bits per heavy atom. The van der Waals surface area contributed by atoms with Crippen molar-refractivity contribution < 1.29 is 18.3 Å². The first-order valence-electron chi connectivity index (χ1n) is 6.92. The van der Waals surface area contributed by atoms with Crippen molar-refractivity contribution in [3.05, 3.63) is 12.0 Å². The first-order valence-corrected chi connectivity index (χ1v) is 8.41. The summed E-state index contributed by atoms with van der Waals surface area (Å²) in [7, 11) is -2.10. The van der Waals surface area contributed by atoms with E-state index in [1.54, 1.807) is 25.5 Å². The molecule has 2 atom stereocenters. The van der Waals surface area contributed by atoms with E-state index in [1.807, 2.05) is 0 Å². The summed E-state index contributed by atoms with van der Waals surface area (Å²) in [5.74, 6) is -0.382. The predicted octanol–water partition coefficient (Wildman–Crippen LogP) is 1.04. The number of carboxylic acids is 1. The average Bonchev–Trinajstić information content (AvgIpc) is 2.73. The fourth-order valence-corrected chi connectivity index (χ4v) is 4.10. The molecule has 2 rings (SSSR count). The monoisotopic (exact) mass is 315 g/mol. The third kappa shape index (κ3) is 2.96. The second kappa shape index (κ2) is 5.42. The SMILES string of the molecule is Cc1nc(S(=O)(=O)NC2CCCCC2(C)C(=O)O)cn1C. The minimum Gasteiger partial charge on any atom is -0.481 e. The number of carbonyl (C=O) groups is 1. The first-order chi connectivity index (χ1) is 9.67. The minimum absolute atomic E-state index is 0.0687. The van der Waals surface area contributed by atoms with Crippen molar-refractivity contribution in [2.75, 3.05) is 0 Å². The summed E-state index contributed by atoms with van der Waals surface area (Å²) in [6.45, 7) is 3.31. The van der Waals surface area contributed by atoms with Gasteiger partial charge in [0.1, 0.15) is 5.82 Å². The first kappa shape index (κ1) is 16.0. The van der Waals surface area contributed by atoms with Gasteiger partial charge in [0.05, 0.1) is 5.41 Å². The van der Waals surface area contributed by atoms with Gasteiger partial charge in [-0.05, 0) is 26.7 Å². The summed E-state index contributed by atoms with van der Waals surface area (Å²) in [6, 6.07) is -0.615. The minimum atomic E-state index is -3.81. The quantitative estimate of drug-likeness (QED) is 0.864. The number of aromatic nitrogens is 2. The number of rotatable bonds is 4. The van der Waals surface area contributed by atoms with Gasteiger partial charge < -0.3 is 9.67 Å². The zero-order chi connectivity index (χ0) is 15.8. The summed E-state index contributed by atoms with van der Waals surface area (Å²) in [4.78, 5) is 15.5. The van der Waals surface area contributed by atoms with Crippen LogP contribution in [-0.4, -0.2) is 35.1 Å². The van der Waals surface area contributed by atoms with E-state index >= 15 is 0 Å². The van der Waals surface area contributed by atoms with Crippen molar-refractivity contribution in [3.8, 4) is 0 Å². The molecule has 118 valence electrons. The number of aryl methyl sites for hydroxylation is 2. The van der Waals surface area contributed by atoms with Gasteiger partial charge in [-0.25, -0.2) is 18.1 Å². The summed E-state index contributed by atoms with van der Waals surface area (Å²) in [5.41, 5.74) is -1.07. The Hall–Kier alpha value is -1.41.